The van der Waals surface area contributed by atoms with Crippen LogP contribution in [0.5, 0.6) is 0 Å². The third-order valence-electron chi connectivity index (χ3n) is 2.93. The zero-order valence-corrected chi connectivity index (χ0v) is 12.3. The van der Waals surface area contributed by atoms with Crippen LogP contribution in [-0.4, -0.2) is 53.5 Å². The van der Waals surface area contributed by atoms with Gasteiger partial charge in [-0.05, 0) is 32.1 Å². The average molecular weight is 279 g/mol. The number of carbonyl (C=O) groups is 2. The average Bonchev–Trinajstić information content (AvgIpc) is 2.37. The number of carbonyl (C=O) groups excluding carboxylic acids is 1. The van der Waals surface area contributed by atoms with Gasteiger partial charge >= 0.3 is 5.97 Å². The molecule has 0 spiro atoms. The Hall–Kier alpha value is -1.95. The molecule has 0 saturated heterocycles. The SMILES string of the molecule is CC(C)C(CN(C)C)NC(=O)c1ccc(C(=O)O)nc1. The second-order valence-electron chi connectivity index (χ2n) is 5.32. The lowest BCUT2D eigenvalue weighted by molar-refractivity contribution is 0.0689. The van der Waals surface area contributed by atoms with Crippen LogP contribution in [0.2, 0.25) is 0 Å². The van der Waals surface area contributed by atoms with Crippen molar-refractivity contribution in [2.45, 2.75) is 19.9 Å². The lowest BCUT2D eigenvalue weighted by Gasteiger charge is -2.25. The fourth-order valence-corrected chi connectivity index (χ4v) is 1.72. The van der Waals surface area contributed by atoms with E-state index in [-0.39, 0.29) is 17.6 Å². The number of aromatic carboxylic acids is 1. The van der Waals surface area contributed by atoms with Gasteiger partial charge in [-0.15, -0.1) is 0 Å². The van der Waals surface area contributed by atoms with E-state index in [9.17, 15) is 9.59 Å². The van der Waals surface area contributed by atoms with E-state index in [1.54, 1.807) is 0 Å². The van der Waals surface area contributed by atoms with Gasteiger partial charge in [0.25, 0.3) is 5.91 Å². The molecule has 1 rings (SSSR count). The standard InChI is InChI=1S/C14H21N3O3/c1-9(2)12(8-17(3)4)16-13(18)10-5-6-11(14(19)20)15-7-10/h5-7,9,12H,8H2,1-4H3,(H,16,18)(H,19,20). The minimum atomic E-state index is -1.11. The number of rotatable bonds is 6. The monoisotopic (exact) mass is 279 g/mol. The minimum Gasteiger partial charge on any atom is -0.477 e. The fourth-order valence-electron chi connectivity index (χ4n) is 1.72. The molecule has 0 bridgehead atoms. The highest BCUT2D eigenvalue weighted by Crippen LogP contribution is 2.06. The number of carboxylic acids is 1. The van der Waals surface area contributed by atoms with Crippen LogP contribution in [0.15, 0.2) is 18.3 Å². The Morgan fingerprint density at radius 3 is 2.40 bits per heavy atom. The van der Waals surface area contributed by atoms with Gasteiger partial charge in [0.1, 0.15) is 5.69 Å². The molecular weight excluding hydrogens is 258 g/mol. The number of nitrogens with zero attached hydrogens (tertiary/aromatic N) is 2. The van der Waals surface area contributed by atoms with Crippen molar-refractivity contribution in [2.24, 2.45) is 5.92 Å². The van der Waals surface area contributed by atoms with Crippen LogP contribution in [0.1, 0.15) is 34.7 Å². The van der Waals surface area contributed by atoms with Crippen LogP contribution in [-0.2, 0) is 0 Å². The molecule has 110 valence electrons. The van der Waals surface area contributed by atoms with Crippen molar-refractivity contribution in [3.05, 3.63) is 29.6 Å². The molecule has 1 amide bonds. The molecule has 0 aromatic carbocycles. The summed E-state index contributed by atoms with van der Waals surface area (Å²) in [6, 6.07) is 2.82. The molecule has 6 heteroatoms. The number of nitrogens with one attached hydrogen (secondary N) is 1. The first-order chi connectivity index (χ1) is 9.31. The summed E-state index contributed by atoms with van der Waals surface area (Å²) in [7, 11) is 3.90. The molecule has 0 aliphatic heterocycles. The molecule has 1 aromatic rings. The van der Waals surface area contributed by atoms with Crippen molar-refractivity contribution < 1.29 is 14.7 Å². The highest BCUT2D eigenvalue weighted by molar-refractivity contribution is 5.95. The summed E-state index contributed by atoms with van der Waals surface area (Å²) in [6.45, 7) is 4.82. The van der Waals surface area contributed by atoms with Gasteiger partial charge in [0, 0.05) is 18.8 Å². The molecule has 1 heterocycles. The fraction of sp³-hybridized carbons (Fsp3) is 0.500. The number of carboxylic acid groups (broad SMARTS) is 1. The number of pyridine rings is 1. The van der Waals surface area contributed by atoms with Gasteiger partial charge in [-0.2, -0.15) is 0 Å². The molecule has 0 saturated carbocycles. The second-order valence-corrected chi connectivity index (χ2v) is 5.32. The van der Waals surface area contributed by atoms with Crippen molar-refractivity contribution in [3.8, 4) is 0 Å². The highest BCUT2D eigenvalue weighted by atomic mass is 16.4. The summed E-state index contributed by atoms with van der Waals surface area (Å²) in [5, 5.41) is 11.7. The van der Waals surface area contributed by atoms with Crippen molar-refractivity contribution in [1.82, 2.24) is 15.2 Å². The Kier molecular flexibility index (Phi) is 5.64. The van der Waals surface area contributed by atoms with Crippen molar-refractivity contribution in [2.75, 3.05) is 20.6 Å². The van der Waals surface area contributed by atoms with Crippen LogP contribution in [0, 0.1) is 5.92 Å². The van der Waals surface area contributed by atoms with E-state index in [1.165, 1.54) is 18.3 Å². The predicted octanol–water partition coefficient (Wildman–Crippen LogP) is 1.10. The predicted molar refractivity (Wildman–Crippen MR) is 75.8 cm³/mol. The van der Waals surface area contributed by atoms with E-state index in [2.05, 4.69) is 10.3 Å². The second kappa shape index (κ2) is 7.00. The van der Waals surface area contributed by atoms with E-state index < -0.39 is 5.97 Å². The summed E-state index contributed by atoms with van der Waals surface area (Å²) in [5.74, 6) is -1.05. The third kappa shape index (κ3) is 4.62. The van der Waals surface area contributed by atoms with E-state index in [4.69, 9.17) is 5.11 Å². The van der Waals surface area contributed by atoms with Gasteiger partial charge in [0.15, 0.2) is 0 Å². The Balaban J connectivity index is 2.75. The first-order valence-corrected chi connectivity index (χ1v) is 6.46. The Labute approximate surface area is 118 Å². The lowest BCUT2D eigenvalue weighted by atomic mass is 10.0. The molecule has 0 fully saturated rings. The molecule has 2 N–H and O–H groups in total. The van der Waals surface area contributed by atoms with Gasteiger partial charge in [-0.25, -0.2) is 9.78 Å². The summed E-state index contributed by atoms with van der Waals surface area (Å²) in [6.07, 6.45) is 1.28. The van der Waals surface area contributed by atoms with Gasteiger partial charge < -0.3 is 15.3 Å². The van der Waals surface area contributed by atoms with Crippen LogP contribution in [0.4, 0.5) is 0 Å². The molecule has 1 atom stereocenters. The first-order valence-electron chi connectivity index (χ1n) is 6.46. The molecule has 6 nitrogen and oxygen atoms in total. The largest absolute Gasteiger partial charge is 0.477 e. The topological polar surface area (TPSA) is 82.5 Å². The zero-order valence-electron chi connectivity index (χ0n) is 12.3. The van der Waals surface area contributed by atoms with Crippen LogP contribution in [0.3, 0.4) is 0 Å². The van der Waals surface area contributed by atoms with Gasteiger partial charge in [0.05, 0.1) is 5.56 Å². The molecule has 20 heavy (non-hydrogen) atoms. The zero-order chi connectivity index (χ0) is 15.3. The van der Waals surface area contributed by atoms with Crippen LogP contribution >= 0.6 is 0 Å². The molecular formula is C14H21N3O3. The summed E-state index contributed by atoms with van der Waals surface area (Å²) < 4.78 is 0. The molecule has 0 radical (unpaired) electrons. The Morgan fingerprint density at radius 2 is 2.00 bits per heavy atom. The summed E-state index contributed by atoms with van der Waals surface area (Å²) in [5.41, 5.74) is 0.287. The number of hydrogen-bond acceptors (Lipinski definition) is 4. The van der Waals surface area contributed by atoms with Crippen LogP contribution in [0.25, 0.3) is 0 Å². The maximum absolute atomic E-state index is 12.1. The number of likely N-dealkylation sites (N-methyl/N-ethyl adjacent to an activating group) is 1. The summed E-state index contributed by atoms with van der Waals surface area (Å²) >= 11 is 0. The molecule has 1 unspecified atom stereocenters. The van der Waals surface area contributed by atoms with E-state index >= 15 is 0 Å². The first kappa shape index (κ1) is 16.1. The lowest BCUT2D eigenvalue weighted by Crippen LogP contribution is -2.45. The van der Waals surface area contributed by atoms with E-state index in [0.717, 1.165) is 6.54 Å². The van der Waals surface area contributed by atoms with E-state index in [1.807, 2.05) is 32.8 Å². The third-order valence-corrected chi connectivity index (χ3v) is 2.93. The van der Waals surface area contributed by atoms with Crippen molar-refractivity contribution >= 4 is 11.9 Å². The van der Waals surface area contributed by atoms with Crippen molar-refractivity contribution in [3.63, 3.8) is 0 Å². The number of hydrogen-bond donors (Lipinski definition) is 2. The highest BCUT2D eigenvalue weighted by Gasteiger charge is 2.18. The maximum Gasteiger partial charge on any atom is 0.354 e. The summed E-state index contributed by atoms with van der Waals surface area (Å²) in [4.78, 5) is 28.6. The molecule has 1 aromatic heterocycles. The number of aromatic nitrogens is 1. The van der Waals surface area contributed by atoms with Gasteiger partial charge in [-0.3, -0.25) is 4.79 Å². The van der Waals surface area contributed by atoms with Crippen molar-refractivity contribution in [1.29, 1.82) is 0 Å². The number of amides is 1. The normalized spacial score (nSPS) is 12.5. The van der Waals surface area contributed by atoms with E-state index in [0.29, 0.717) is 11.5 Å². The smallest absolute Gasteiger partial charge is 0.354 e. The quantitative estimate of drug-likeness (QED) is 0.814. The minimum absolute atomic E-state index is 0.0247. The Morgan fingerprint density at radius 1 is 1.35 bits per heavy atom. The van der Waals surface area contributed by atoms with Crippen LogP contribution < -0.4 is 5.32 Å². The maximum atomic E-state index is 12.1. The molecule has 0 aliphatic rings. The van der Waals surface area contributed by atoms with Gasteiger partial charge in [-0.1, -0.05) is 13.8 Å². The molecule has 0 aliphatic carbocycles. The van der Waals surface area contributed by atoms with Gasteiger partial charge in [0.2, 0.25) is 0 Å². The Bertz CT molecular complexity index is 469.